The van der Waals surface area contributed by atoms with Gasteiger partial charge in [0.1, 0.15) is 5.75 Å². The van der Waals surface area contributed by atoms with Gasteiger partial charge in [0.05, 0.1) is 25.3 Å². The van der Waals surface area contributed by atoms with Gasteiger partial charge in [-0.3, -0.25) is 9.80 Å². The number of benzene rings is 1. The van der Waals surface area contributed by atoms with Crippen molar-refractivity contribution in [3.05, 3.63) is 41.1 Å². The number of carbonyl (C=O) groups excluding carboxylic acids is 2. The van der Waals surface area contributed by atoms with Crippen LogP contribution in [0, 0.1) is 5.92 Å². The lowest BCUT2D eigenvalue weighted by Crippen LogP contribution is -2.51. The van der Waals surface area contributed by atoms with Crippen LogP contribution in [0.5, 0.6) is 5.75 Å². The van der Waals surface area contributed by atoms with E-state index in [2.05, 4.69) is 17.1 Å². The Morgan fingerprint density at radius 2 is 1.97 bits per heavy atom. The molecule has 3 rings (SSSR count). The van der Waals surface area contributed by atoms with Crippen LogP contribution < -0.4 is 10.1 Å². The lowest BCUT2D eigenvalue weighted by atomic mass is 9.93. The molecule has 0 spiro atoms. The quantitative estimate of drug-likeness (QED) is 0.692. The zero-order valence-electron chi connectivity index (χ0n) is 18.4. The molecule has 1 aromatic rings. The molecule has 0 aliphatic carbocycles. The number of esters is 1. The van der Waals surface area contributed by atoms with Crippen LogP contribution in [0.25, 0.3) is 0 Å². The molecule has 7 nitrogen and oxygen atoms in total. The van der Waals surface area contributed by atoms with Crippen molar-refractivity contribution in [2.24, 2.45) is 5.92 Å². The third-order valence-electron chi connectivity index (χ3n) is 5.93. The Morgan fingerprint density at radius 3 is 2.60 bits per heavy atom. The normalized spacial score (nSPS) is 20.9. The third kappa shape index (κ3) is 4.78. The molecule has 2 amide bonds. The van der Waals surface area contributed by atoms with Crippen LogP contribution in [-0.4, -0.2) is 61.7 Å². The number of carbonyl (C=O) groups is 2. The van der Waals surface area contributed by atoms with Crippen LogP contribution >= 0.6 is 0 Å². The van der Waals surface area contributed by atoms with E-state index in [-0.39, 0.29) is 18.6 Å². The number of amides is 2. The predicted octanol–water partition coefficient (Wildman–Crippen LogP) is 3.33. The molecule has 2 heterocycles. The first-order chi connectivity index (χ1) is 14.5. The first-order valence-corrected chi connectivity index (χ1v) is 10.8. The summed E-state index contributed by atoms with van der Waals surface area (Å²) >= 11 is 0. The summed E-state index contributed by atoms with van der Waals surface area (Å²) in [6.45, 7) is 9.24. The standard InChI is InChI=1S/C23H33N3O4/c1-5-26-19(15-25-12-10-16(3)11-13-25)20(22(27)30-6-2)21(24-23(26)28)17-8-7-9-18(14-17)29-4/h7-9,14,16,21H,5-6,10-13,15H2,1-4H3,(H,24,28). The second-order valence-corrected chi connectivity index (χ2v) is 7.94. The topological polar surface area (TPSA) is 71.1 Å². The number of hydrogen-bond acceptors (Lipinski definition) is 5. The SMILES string of the molecule is CCOC(=O)C1=C(CN2CCC(C)CC2)N(CC)C(=O)NC1c1cccc(OC)c1. The van der Waals surface area contributed by atoms with Gasteiger partial charge >= 0.3 is 12.0 Å². The second-order valence-electron chi connectivity index (χ2n) is 7.94. The van der Waals surface area contributed by atoms with Crippen LogP contribution in [-0.2, 0) is 9.53 Å². The highest BCUT2D eigenvalue weighted by molar-refractivity contribution is 5.95. The Kier molecular flexibility index (Phi) is 7.37. The first-order valence-electron chi connectivity index (χ1n) is 10.8. The number of methoxy groups -OCH3 is 1. The van der Waals surface area contributed by atoms with Crippen molar-refractivity contribution in [3.8, 4) is 5.75 Å². The van der Waals surface area contributed by atoms with Gasteiger partial charge in [0.25, 0.3) is 0 Å². The molecule has 0 radical (unpaired) electrons. The molecule has 2 aliphatic rings. The van der Waals surface area contributed by atoms with Crippen molar-refractivity contribution in [2.75, 3.05) is 39.9 Å². The van der Waals surface area contributed by atoms with Crippen LogP contribution in [0.4, 0.5) is 4.79 Å². The van der Waals surface area contributed by atoms with Crippen molar-refractivity contribution >= 4 is 12.0 Å². The van der Waals surface area contributed by atoms with Gasteiger partial charge in [0, 0.05) is 18.8 Å². The van der Waals surface area contributed by atoms with E-state index < -0.39 is 6.04 Å². The maximum atomic E-state index is 13.1. The molecule has 1 unspecified atom stereocenters. The van der Waals surface area contributed by atoms with E-state index in [1.807, 2.05) is 31.2 Å². The van der Waals surface area contributed by atoms with Gasteiger partial charge in [-0.2, -0.15) is 0 Å². The van der Waals surface area contributed by atoms with Gasteiger partial charge in [-0.15, -0.1) is 0 Å². The average Bonchev–Trinajstić information content (AvgIpc) is 2.75. The lowest BCUT2D eigenvalue weighted by molar-refractivity contribution is -0.139. The number of rotatable bonds is 7. The zero-order valence-corrected chi connectivity index (χ0v) is 18.4. The van der Waals surface area contributed by atoms with Crippen LogP contribution in [0.15, 0.2) is 35.5 Å². The van der Waals surface area contributed by atoms with Crippen molar-refractivity contribution in [1.82, 2.24) is 15.1 Å². The molecule has 7 heteroatoms. The highest BCUT2D eigenvalue weighted by atomic mass is 16.5. The third-order valence-corrected chi connectivity index (χ3v) is 5.93. The molecule has 1 aromatic carbocycles. The summed E-state index contributed by atoms with van der Waals surface area (Å²) in [6, 6.07) is 6.68. The highest BCUT2D eigenvalue weighted by Crippen LogP contribution is 2.33. The summed E-state index contributed by atoms with van der Waals surface area (Å²) in [5, 5.41) is 3.00. The largest absolute Gasteiger partial charge is 0.497 e. The van der Waals surface area contributed by atoms with Crippen LogP contribution in [0.3, 0.4) is 0 Å². The van der Waals surface area contributed by atoms with E-state index in [4.69, 9.17) is 9.47 Å². The summed E-state index contributed by atoms with van der Waals surface area (Å²) in [4.78, 5) is 30.1. The van der Waals surface area contributed by atoms with Gasteiger partial charge in [0.15, 0.2) is 0 Å². The highest BCUT2D eigenvalue weighted by Gasteiger charge is 2.38. The predicted molar refractivity (Wildman–Crippen MR) is 115 cm³/mol. The first kappa shape index (κ1) is 22.2. The molecule has 0 bridgehead atoms. The van der Waals surface area contributed by atoms with E-state index in [0.29, 0.717) is 30.3 Å². The molecule has 1 atom stereocenters. The van der Waals surface area contributed by atoms with E-state index in [9.17, 15) is 9.59 Å². The smallest absolute Gasteiger partial charge is 0.338 e. The van der Waals surface area contributed by atoms with E-state index in [1.165, 1.54) is 0 Å². The Bertz CT molecular complexity index is 799. The molecule has 1 fully saturated rings. The fraction of sp³-hybridized carbons (Fsp3) is 0.565. The van der Waals surface area contributed by atoms with E-state index in [1.54, 1.807) is 18.9 Å². The Labute approximate surface area is 179 Å². The molecule has 1 N–H and O–H groups in total. The fourth-order valence-corrected chi connectivity index (χ4v) is 4.16. The van der Waals surface area contributed by atoms with Crippen molar-refractivity contribution < 1.29 is 19.1 Å². The van der Waals surface area contributed by atoms with Gasteiger partial charge in [-0.25, -0.2) is 9.59 Å². The number of likely N-dealkylation sites (tertiary alicyclic amines) is 1. The van der Waals surface area contributed by atoms with Gasteiger partial charge in [0.2, 0.25) is 0 Å². The molecule has 30 heavy (non-hydrogen) atoms. The van der Waals surface area contributed by atoms with E-state index in [0.717, 1.165) is 37.2 Å². The number of nitrogens with zero attached hydrogens (tertiary/aromatic N) is 2. The summed E-state index contributed by atoms with van der Waals surface area (Å²) in [7, 11) is 1.60. The fourth-order valence-electron chi connectivity index (χ4n) is 4.16. The number of hydrogen-bond donors (Lipinski definition) is 1. The van der Waals surface area contributed by atoms with Gasteiger partial charge in [-0.1, -0.05) is 19.1 Å². The zero-order chi connectivity index (χ0) is 21.7. The van der Waals surface area contributed by atoms with E-state index >= 15 is 0 Å². The van der Waals surface area contributed by atoms with Gasteiger partial charge < -0.3 is 14.8 Å². The molecule has 0 aromatic heterocycles. The maximum absolute atomic E-state index is 13.1. The summed E-state index contributed by atoms with van der Waals surface area (Å²) < 4.78 is 10.8. The van der Waals surface area contributed by atoms with Crippen LogP contribution in [0.2, 0.25) is 0 Å². The minimum Gasteiger partial charge on any atom is -0.497 e. The number of piperidine rings is 1. The lowest BCUT2D eigenvalue weighted by Gasteiger charge is -2.39. The summed E-state index contributed by atoms with van der Waals surface area (Å²) in [6.07, 6.45) is 2.25. The Balaban J connectivity index is 2.06. The Hall–Kier alpha value is -2.54. The summed E-state index contributed by atoms with van der Waals surface area (Å²) in [5.41, 5.74) is 2.04. The molecule has 164 valence electrons. The van der Waals surface area contributed by atoms with Crippen molar-refractivity contribution in [3.63, 3.8) is 0 Å². The molecule has 1 saturated heterocycles. The minimum absolute atomic E-state index is 0.196. The molecule has 2 aliphatic heterocycles. The molecular weight excluding hydrogens is 382 g/mol. The maximum Gasteiger partial charge on any atom is 0.338 e. The molecular formula is C23H33N3O4. The molecule has 0 saturated carbocycles. The number of ether oxygens (including phenoxy) is 2. The minimum atomic E-state index is -0.576. The van der Waals surface area contributed by atoms with Gasteiger partial charge in [-0.05, 0) is 63.4 Å². The van der Waals surface area contributed by atoms with Crippen molar-refractivity contribution in [1.29, 1.82) is 0 Å². The number of likely N-dealkylation sites (N-methyl/N-ethyl adjacent to an activating group) is 1. The Morgan fingerprint density at radius 1 is 1.23 bits per heavy atom. The summed E-state index contributed by atoms with van der Waals surface area (Å²) in [5.74, 6) is 1.000. The average molecular weight is 416 g/mol. The number of nitrogens with one attached hydrogen (secondary N) is 1. The number of urea groups is 1. The second kappa shape index (κ2) is 9.98. The monoisotopic (exact) mass is 415 g/mol. The van der Waals surface area contributed by atoms with Crippen molar-refractivity contribution in [2.45, 2.75) is 39.7 Å². The van der Waals surface area contributed by atoms with Crippen LogP contribution in [0.1, 0.15) is 45.2 Å².